The number of carbonyl (C=O) groups excluding carboxylic acids is 1. The van der Waals surface area contributed by atoms with Gasteiger partial charge in [0, 0.05) is 5.56 Å². The number of nitro groups is 1. The van der Waals surface area contributed by atoms with Crippen LogP contribution in [0.1, 0.15) is 25.0 Å². The Morgan fingerprint density at radius 2 is 2.05 bits per heavy atom. The van der Waals surface area contributed by atoms with Crippen molar-refractivity contribution in [3.63, 3.8) is 0 Å². The predicted molar refractivity (Wildman–Crippen MR) is 77.0 cm³/mol. The smallest absolute Gasteiger partial charge is 0.347 e. The minimum absolute atomic E-state index is 0.0679. The molecular weight excluding hydrogens is 330 g/mol. The van der Waals surface area contributed by atoms with Gasteiger partial charge >= 0.3 is 5.97 Å². The third-order valence-electron chi connectivity index (χ3n) is 2.67. The molecular formula is C13H16BrNO5. The Morgan fingerprint density at radius 1 is 1.45 bits per heavy atom. The van der Waals surface area contributed by atoms with E-state index in [1.807, 2.05) is 0 Å². The summed E-state index contributed by atoms with van der Waals surface area (Å²) in [5.74, 6) is -0.232. The molecule has 1 unspecified atom stereocenters. The number of hydrogen-bond acceptors (Lipinski definition) is 5. The van der Waals surface area contributed by atoms with Gasteiger partial charge in [0.1, 0.15) is 10.2 Å². The summed E-state index contributed by atoms with van der Waals surface area (Å²) in [7, 11) is 0. The lowest BCUT2D eigenvalue weighted by Gasteiger charge is -2.17. The van der Waals surface area contributed by atoms with E-state index in [4.69, 9.17) is 9.47 Å². The molecule has 1 atom stereocenters. The van der Waals surface area contributed by atoms with E-state index in [1.165, 1.54) is 6.92 Å². The molecule has 6 nitrogen and oxygen atoms in total. The largest absolute Gasteiger partial charge is 0.477 e. The van der Waals surface area contributed by atoms with Gasteiger partial charge in [-0.15, -0.1) is 0 Å². The number of nitro benzene ring substituents is 1. The van der Waals surface area contributed by atoms with Gasteiger partial charge in [0.2, 0.25) is 0 Å². The number of carbonyl (C=O) groups is 1. The number of rotatable bonds is 5. The highest BCUT2D eigenvalue weighted by molar-refractivity contribution is 9.10. The first-order chi connectivity index (χ1) is 9.29. The van der Waals surface area contributed by atoms with Crippen LogP contribution in [0.15, 0.2) is 10.5 Å². The van der Waals surface area contributed by atoms with Crippen molar-refractivity contribution in [1.82, 2.24) is 0 Å². The maximum atomic E-state index is 11.6. The van der Waals surface area contributed by atoms with Crippen molar-refractivity contribution < 1.29 is 19.2 Å². The first-order valence-electron chi connectivity index (χ1n) is 6.06. The third-order valence-corrected chi connectivity index (χ3v) is 3.40. The quantitative estimate of drug-likeness (QED) is 0.464. The summed E-state index contributed by atoms with van der Waals surface area (Å²) in [6.45, 7) is 6.89. The maximum Gasteiger partial charge on any atom is 0.347 e. The van der Waals surface area contributed by atoms with E-state index in [0.717, 1.165) is 0 Å². The highest BCUT2D eigenvalue weighted by Gasteiger charge is 2.25. The molecule has 0 saturated heterocycles. The standard InChI is InChI=1S/C13H16BrNO5/c1-5-19-13(16)9(4)20-12-8(3)6-7(2)11(10(12)14)15(17)18/h6,9H,5H2,1-4H3. The summed E-state index contributed by atoms with van der Waals surface area (Å²) < 4.78 is 10.6. The molecule has 1 rings (SSSR count). The highest BCUT2D eigenvalue weighted by atomic mass is 79.9. The van der Waals surface area contributed by atoms with Gasteiger partial charge in [-0.1, -0.05) is 0 Å². The van der Waals surface area contributed by atoms with Crippen molar-refractivity contribution in [1.29, 1.82) is 0 Å². The average Bonchev–Trinajstić information content (AvgIpc) is 2.33. The number of aryl methyl sites for hydroxylation is 2. The average molecular weight is 346 g/mol. The molecule has 7 heteroatoms. The van der Waals surface area contributed by atoms with Crippen LogP contribution < -0.4 is 4.74 Å². The van der Waals surface area contributed by atoms with E-state index in [0.29, 0.717) is 11.1 Å². The van der Waals surface area contributed by atoms with E-state index >= 15 is 0 Å². The molecule has 0 radical (unpaired) electrons. The number of ether oxygens (including phenoxy) is 2. The lowest BCUT2D eigenvalue weighted by atomic mass is 10.1. The minimum Gasteiger partial charge on any atom is -0.477 e. The summed E-state index contributed by atoms with van der Waals surface area (Å²) in [5, 5.41) is 11.1. The fourth-order valence-corrected chi connectivity index (χ4v) is 2.63. The fraction of sp³-hybridized carbons (Fsp3) is 0.462. The van der Waals surface area contributed by atoms with E-state index in [-0.39, 0.29) is 22.5 Å². The van der Waals surface area contributed by atoms with Crippen molar-refractivity contribution >= 4 is 27.6 Å². The summed E-state index contributed by atoms with van der Waals surface area (Å²) in [6, 6.07) is 1.65. The Kier molecular flexibility index (Phi) is 5.50. The van der Waals surface area contributed by atoms with E-state index in [1.54, 1.807) is 26.8 Å². The second kappa shape index (κ2) is 6.69. The molecule has 0 aliphatic heterocycles. The molecule has 0 spiro atoms. The maximum absolute atomic E-state index is 11.6. The van der Waals surface area contributed by atoms with Crippen LogP contribution >= 0.6 is 15.9 Å². The van der Waals surface area contributed by atoms with Crippen LogP contribution in [0.2, 0.25) is 0 Å². The third kappa shape index (κ3) is 3.47. The normalized spacial score (nSPS) is 11.8. The van der Waals surface area contributed by atoms with E-state index in [9.17, 15) is 14.9 Å². The van der Waals surface area contributed by atoms with Crippen molar-refractivity contribution in [2.45, 2.75) is 33.8 Å². The molecule has 1 aromatic rings. The second-order valence-electron chi connectivity index (χ2n) is 4.27. The zero-order chi connectivity index (χ0) is 15.4. The number of hydrogen-bond donors (Lipinski definition) is 0. The number of halogens is 1. The molecule has 0 amide bonds. The summed E-state index contributed by atoms with van der Waals surface area (Å²) in [5.41, 5.74) is 1.16. The molecule has 0 aliphatic carbocycles. The van der Waals surface area contributed by atoms with Crippen LogP contribution in [-0.4, -0.2) is 23.6 Å². The van der Waals surface area contributed by atoms with Gasteiger partial charge in [0.15, 0.2) is 6.10 Å². The van der Waals surface area contributed by atoms with Crippen molar-refractivity contribution in [2.75, 3.05) is 6.61 Å². The Labute approximate surface area is 125 Å². The monoisotopic (exact) mass is 345 g/mol. The Hall–Kier alpha value is -1.63. The van der Waals surface area contributed by atoms with Crippen LogP contribution in [0.25, 0.3) is 0 Å². The topological polar surface area (TPSA) is 78.7 Å². The number of esters is 1. The van der Waals surface area contributed by atoms with Gasteiger partial charge in [-0.2, -0.15) is 0 Å². The predicted octanol–water partition coefficient (Wildman–Crippen LogP) is 3.30. The molecule has 0 fully saturated rings. The van der Waals surface area contributed by atoms with Crippen molar-refractivity contribution in [3.8, 4) is 5.75 Å². The first kappa shape index (κ1) is 16.4. The van der Waals surface area contributed by atoms with E-state index in [2.05, 4.69) is 15.9 Å². The molecule has 0 bridgehead atoms. The van der Waals surface area contributed by atoms with Crippen LogP contribution in [0.3, 0.4) is 0 Å². The molecule has 20 heavy (non-hydrogen) atoms. The summed E-state index contributed by atoms with van der Waals surface area (Å²) >= 11 is 3.18. The fourth-order valence-electron chi connectivity index (χ4n) is 1.77. The molecule has 0 N–H and O–H groups in total. The van der Waals surface area contributed by atoms with Crippen molar-refractivity contribution in [2.24, 2.45) is 0 Å². The zero-order valence-corrected chi connectivity index (χ0v) is 13.3. The number of benzene rings is 1. The van der Waals surface area contributed by atoms with Crippen LogP contribution in [-0.2, 0) is 9.53 Å². The number of nitrogens with zero attached hydrogens (tertiary/aromatic N) is 1. The minimum atomic E-state index is -0.840. The molecule has 110 valence electrons. The van der Waals surface area contributed by atoms with Gasteiger partial charge in [-0.05, 0) is 55.3 Å². The zero-order valence-electron chi connectivity index (χ0n) is 11.7. The van der Waals surface area contributed by atoms with Crippen LogP contribution in [0, 0.1) is 24.0 Å². The second-order valence-corrected chi connectivity index (χ2v) is 5.06. The highest BCUT2D eigenvalue weighted by Crippen LogP contribution is 2.39. The van der Waals surface area contributed by atoms with E-state index < -0.39 is 17.0 Å². The lowest BCUT2D eigenvalue weighted by molar-refractivity contribution is -0.386. The van der Waals surface area contributed by atoms with Gasteiger partial charge in [0.25, 0.3) is 5.69 Å². The Bertz CT molecular complexity index is 544. The van der Waals surface area contributed by atoms with Gasteiger partial charge < -0.3 is 9.47 Å². The van der Waals surface area contributed by atoms with Gasteiger partial charge in [-0.25, -0.2) is 4.79 Å². The Morgan fingerprint density at radius 3 is 2.55 bits per heavy atom. The van der Waals surface area contributed by atoms with Crippen LogP contribution in [0.5, 0.6) is 5.75 Å². The summed E-state index contributed by atoms with van der Waals surface area (Å²) in [4.78, 5) is 22.1. The van der Waals surface area contributed by atoms with Gasteiger partial charge in [-0.3, -0.25) is 10.1 Å². The lowest BCUT2D eigenvalue weighted by Crippen LogP contribution is -2.26. The Balaban J connectivity index is 3.16. The molecule has 0 aromatic heterocycles. The molecule has 0 saturated carbocycles. The first-order valence-corrected chi connectivity index (χ1v) is 6.86. The SMILES string of the molecule is CCOC(=O)C(C)Oc1c(C)cc(C)c([N+](=O)[O-])c1Br. The molecule has 1 aromatic carbocycles. The summed E-state index contributed by atoms with van der Waals surface area (Å²) in [6.07, 6.45) is -0.840. The molecule has 0 aliphatic rings. The van der Waals surface area contributed by atoms with Crippen molar-refractivity contribution in [3.05, 3.63) is 31.8 Å². The van der Waals surface area contributed by atoms with Gasteiger partial charge in [0.05, 0.1) is 11.5 Å². The van der Waals surface area contributed by atoms with Crippen LogP contribution in [0.4, 0.5) is 5.69 Å². The molecule has 0 heterocycles.